The van der Waals surface area contributed by atoms with E-state index >= 15 is 0 Å². The third-order valence-electron chi connectivity index (χ3n) is 7.88. The minimum absolute atomic E-state index is 0.0270. The zero-order chi connectivity index (χ0) is 38.2. The third kappa shape index (κ3) is 16.4. The van der Waals surface area contributed by atoms with Gasteiger partial charge in [-0.1, -0.05) is 51.7 Å². The monoisotopic (exact) mass is 708 g/mol. The number of unbranched alkanes of at least 4 members (excludes halogenated alkanes) is 2. The highest BCUT2D eigenvalue weighted by atomic mass is 16.6. The molecule has 2 aromatic rings. The largest absolute Gasteiger partial charge is 0.496 e. The average molecular weight is 709 g/mol. The Morgan fingerprint density at radius 1 is 0.922 bits per heavy atom. The van der Waals surface area contributed by atoms with Gasteiger partial charge in [-0.3, -0.25) is 14.4 Å². The summed E-state index contributed by atoms with van der Waals surface area (Å²) in [6.45, 7) is 15.1. The lowest BCUT2D eigenvalue weighted by Gasteiger charge is -2.25. The molecule has 12 heteroatoms. The number of benzene rings is 1. The number of methoxy groups -OCH3 is 1. The lowest BCUT2D eigenvalue weighted by atomic mass is 9.97. The summed E-state index contributed by atoms with van der Waals surface area (Å²) >= 11 is 0. The van der Waals surface area contributed by atoms with Crippen LogP contribution < -0.4 is 21.1 Å². The number of nitrogens with zero attached hydrogens (tertiary/aromatic N) is 3. The fraction of sp³-hybridized carbons (Fsp3) is 0.641. The Hall–Kier alpha value is -4.40. The van der Waals surface area contributed by atoms with E-state index in [1.165, 1.54) is 0 Å². The van der Waals surface area contributed by atoms with Crippen molar-refractivity contribution in [3.05, 3.63) is 40.6 Å². The van der Waals surface area contributed by atoms with Gasteiger partial charge in [0.05, 0.1) is 38.1 Å². The summed E-state index contributed by atoms with van der Waals surface area (Å²) < 4.78 is 16.9. The van der Waals surface area contributed by atoms with Crippen molar-refractivity contribution in [1.82, 2.24) is 15.3 Å². The molecule has 1 aromatic heterocycles. The Bertz CT molecular complexity index is 1490. The maximum absolute atomic E-state index is 13.4. The lowest BCUT2D eigenvalue weighted by Crippen LogP contribution is -2.38. The second-order valence-electron chi connectivity index (χ2n) is 15.0. The summed E-state index contributed by atoms with van der Waals surface area (Å²) in [5.74, 6) is 0.200. The predicted molar refractivity (Wildman–Crippen MR) is 199 cm³/mol. The van der Waals surface area contributed by atoms with Gasteiger partial charge < -0.3 is 30.6 Å². The van der Waals surface area contributed by atoms with Gasteiger partial charge in [-0.15, -0.1) is 0 Å². The molecule has 282 valence electrons. The van der Waals surface area contributed by atoms with Gasteiger partial charge in [-0.25, -0.2) is 4.98 Å². The van der Waals surface area contributed by atoms with Crippen molar-refractivity contribution >= 4 is 29.6 Å². The molecule has 12 nitrogen and oxygen atoms in total. The number of rotatable bonds is 20. The van der Waals surface area contributed by atoms with Crippen molar-refractivity contribution in [2.45, 2.75) is 156 Å². The number of carbonyl (C=O) groups excluding carboxylic acids is 3. The Labute approximate surface area is 304 Å². The number of carbonyl (C=O) groups is 3. The molecule has 1 amide bonds. The van der Waals surface area contributed by atoms with Crippen molar-refractivity contribution in [2.75, 3.05) is 18.2 Å². The fourth-order valence-corrected chi connectivity index (χ4v) is 5.67. The van der Waals surface area contributed by atoms with Crippen molar-refractivity contribution in [1.29, 1.82) is 5.26 Å². The van der Waals surface area contributed by atoms with Crippen molar-refractivity contribution in [3.8, 4) is 11.8 Å². The van der Waals surface area contributed by atoms with Gasteiger partial charge in [0.25, 0.3) is 0 Å². The molecule has 1 aromatic carbocycles. The summed E-state index contributed by atoms with van der Waals surface area (Å²) in [4.78, 5) is 48.2. The van der Waals surface area contributed by atoms with Crippen LogP contribution in [0.4, 0.5) is 11.8 Å². The molecule has 4 N–H and O–H groups in total. The van der Waals surface area contributed by atoms with E-state index in [0.717, 1.165) is 36.8 Å². The Kier molecular flexibility index (Phi) is 17.1. The van der Waals surface area contributed by atoms with Crippen LogP contribution in [0.3, 0.4) is 0 Å². The number of hydrogen-bond donors (Lipinski definition) is 3. The van der Waals surface area contributed by atoms with E-state index in [1.54, 1.807) is 7.11 Å². The number of hydrogen-bond acceptors (Lipinski definition) is 11. The number of nitrogens with two attached hydrogens (primary N) is 1. The molecule has 0 aliphatic heterocycles. The summed E-state index contributed by atoms with van der Waals surface area (Å²) in [6.07, 6.45) is 5.98. The molecule has 51 heavy (non-hydrogen) atoms. The van der Waals surface area contributed by atoms with Gasteiger partial charge in [0.2, 0.25) is 11.9 Å². The van der Waals surface area contributed by atoms with E-state index in [9.17, 15) is 19.6 Å². The zero-order valence-electron chi connectivity index (χ0n) is 32.2. The molecule has 0 saturated carbocycles. The van der Waals surface area contributed by atoms with Gasteiger partial charge >= 0.3 is 11.9 Å². The second kappa shape index (κ2) is 20.4. The van der Waals surface area contributed by atoms with Crippen LogP contribution in [-0.2, 0) is 43.1 Å². The highest BCUT2D eigenvalue weighted by molar-refractivity contribution is 5.78. The van der Waals surface area contributed by atoms with Crippen molar-refractivity contribution < 1.29 is 28.6 Å². The number of nitrogens with one attached hydrogen (secondary N) is 2. The van der Waals surface area contributed by atoms with Crippen LogP contribution in [0.15, 0.2) is 18.2 Å². The Balaban J connectivity index is 2.50. The third-order valence-corrected chi connectivity index (χ3v) is 7.88. The number of aromatic nitrogens is 2. The number of amides is 1. The van der Waals surface area contributed by atoms with Crippen LogP contribution in [-0.4, -0.2) is 58.2 Å². The number of aryl methyl sites for hydroxylation is 1. The Morgan fingerprint density at radius 3 is 2.06 bits per heavy atom. The standard InChI is InChI=1S/C39H60N6O6/c1-10-12-14-28(24-34(47)50-38(3,4)5)42-33(46)19-17-31-30(23-27-22-26(20-21-40)16-18-32(27)49-9)36(45-37(41)44-31)43-29(15-13-11-2)25-35(48)51-39(6,7)8/h16,18,22,28-29H,10-15,17,19-20,23-25H2,1-9H3,(H,42,46)(H3,41,43,44,45)/t28-,29-/m0/s1. The molecule has 0 bridgehead atoms. The van der Waals surface area contributed by atoms with E-state index < -0.39 is 11.2 Å². The van der Waals surface area contributed by atoms with Crippen LogP contribution in [0.1, 0.15) is 136 Å². The molecule has 2 rings (SSSR count). The van der Waals surface area contributed by atoms with E-state index in [1.807, 2.05) is 59.7 Å². The Morgan fingerprint density at radius 2 is 1.51 bits per heavy atom. The number of ether oxygens (including phenoxy) is 3. The van der Waals surface area contributed by atoms with Crippen LogP contribution in [0, 0.1) is 11.3 Å². The SMILES string of the molecule is CCCC[C@@H](CC(=O)OC(C)(C)C)NC(=O)CCc1nc(N)nc(N[C@@H](CCCC)CC(=O)OC(C)(C)C)c1Cc1cc(CC#N)ccc1OC. The molecular formula is C39H60N6O6. The molecular weight excluding hydrogens is 648 g/mol. The molecule has 0 radical (unpaired) electrons. The zero-order valence-corrected chi connectivity index (χ0v) is 32.2. The van der Waals surface area contributed by atoms with E-state index in [2.05, 4.69) is 40.5 Å². The molecule has 0 aliphatic carbocycles. The smallest absolute Gasteiger partial charge is 0.308 e. The van der Waals surface area contributed by atoms with Crippen LogP contribution in [0.2, 0.25) is 0 Å². The first-order valence-corrected chi connectivity index (χ1v) is 18.1. The fourth-order valence-electron chi connectivity index (χ4n) is 5.67. The van der Waals surface area contributed by atoms with Crippen LogP contribution in [0.5, 0.6) is 5.75 Å². The van der Waals surface area contributed by atoms with Gasteiger partial charge in [0.15, 0.2) is 0 Å². The normalized spacial score (nSPS) is 12.7. The molecule has 0 saturated heterocycles. The topological polar surface area (TPSA) is 179 Å². The molecule has 0 spiro atoms. The quantitative estimate of drug-likeness (QED) is 0.124. The highest BCUT2D eigenvalue weighted by Gasteiger charge is 2.25. The maximum Gasteiger partial charge on any atom is 0.308 e. The minimum Gasteiger partial charge on any atom is -0.496 e. The van der Waals surface area contributed by atoms with Crippen LogP contribution >= 0.6 is 0 Å². The molecule has 0 unspecified atom stereocenters. The second-order valence-corrected chi connectivity index (χ2v) is 15.0. The van der Waals surface area contributed by atoms with Crippen molar-refractivity contribution in [2.24, 2.45) is 0 Å². The summed E-state index contributed by atoms with van der Waals surface area (Å²) in [5.41, 5.74) is 7.94. The van der Waals surface area contributed by atoms with Crippen molar-refractivity contribution in [3.63, 3.8) is 0 Å². The number of anilines is 2. The van der Waals surface area contributed by atoms with Crippen LogP contribution in [0.25, 0.3) is 0 Å². The van der Waals surface area contributed by atoms with Gasteiger partial charge in [-0.05, 0) is 78.0 Å². The van der Waals surface area contributed by atoms with E-state index in [0.29, 0.717) is 42.1 Å². The summed E-state index contributed by atoms with van der Waals surface area (Å²) in [6, 6.07) is 7.13. The first kappa shape index (κ1) is 42.8. The first-order chi connectivity index (χ1) is 24.0. The first-order valence-electron chi connectivity index (χ1n) is 18.1. The number of nitriles is 1. The minimum atomic E-state index is -0.627. The average Bonchev–Trinajstić information content (AvgIpc) is 3.01. The van der Waals surface area contributed by atoms with Gasteiger partial charge in [-0.2, -0.15) is 10.2 Å². The van der Waals surface area contributed by atoms with Gasteiger partial charge in [0, 0.05) is 30.5 Å². The summed E-state index contributed by atoms with van der Waals surface area (Å²) in [7, 11) is 1.58. The number of nitrogen functional groups attached to an aromatic ring is 1. The molecule has 2 atom stereocenters. The molecule has 1 heterocycles. The predicted octanol–water partition coefficient (Wildman–Crippen LogP) is 6.77. The maximum atomic E-state index is 13.4. The lowest BCUT2D eigenvalue weighted by molar-refractivity contribution is -0.156. The molecule has 0 fully saturated rings. The summed E-state index contributed by atoms with van der Waals surface area (Å²) in [5, 5.41) is 15.9. The van der Waals surface area contributed by atoms with E-state index in [-0.39, 0.29) is 68.0 Å². The van der Waals surface area contributed by atoms with E-state index in [4.69, 9.17) is 19.9 Å². The molecule has 0 aliphatic rings. The van der Waals surface area contributed by atoms with Gasteiger partial charge in [0.1, 0.15) is 22.8 Å². The number of esters is 2. The highest BCUT2D eigenvalue weighted by Crippen LogP contribution is 2.30.